The molecule has 4 aromatic rings. The molecular weight excluding hydrogens is 453 g/mol. The van der Waals surface area contributed by atoms with Gasteiger partial charge < -0.3 is 10.4 Å². The number of piperidine rings is 1. The first-order valence-electron chi connectivity index (χ1n) is 12.5. The maximum atomic E-state index is 13.2. The van der Waals surface area contributed by atoms with Crippen LogP contribution in [-0.4, -0.2) is 40.6 Å². The highest BCUT2D eigenvalue weighted by atomic mass is 19.1. The summed E-state index contributed by atoms with van der Waals surface area (Å²) in [6.07, 6.45) is 5.10. The number of halogens is 1. The number of aromatic nitrogens is 1. The first-order valence-corrected chi connectivity index (χ1v) is 12.5. The van der Waals surface area contributed by atoms with E-state index in [0.29, 0.717) is 17.2 Å². The molecule has 0 bridgehead atoms. The lowest BCUT2D eigenvalue weighted by atomic mass is 9.94. The number of nitrogens with one attached hydrogen (secondary N) is 1. The predicted octanol–water partition coefficient (Wildman–Crippen LogP) is 5.89. The van der Waals surface area contributed by atoms with Crippen LogP contribution in [0.4, 0.5) is 10.1 Å². The number of nitrogens with zero attached hydrogens (tertiary/aromatic N) is 2. The lowest BCUT2D eigenvalue weighted by molar-refractivity contribution is 0.102. The maximum absolute atomic E-state index is 13.2. The lowest BCUT2D eigenvalue weighted by Gasteiger charge is -2.31. The smallest absolute Gasteiger partial charge is 0.255 e. The Morgan fingerprint density at radius 3 is 2.36 bits per heavy atom. The van der Waals surface area contributed by atoms with Crippen LogP contribution in [0.15, 0.2) is 79.0 Å². The van der Waals surface area contributed by atoms with Gasteiger partial charge in [-0.15, -0.1) is 0 Å². The Balaban J connectivity index is 1.21. The molecular formula is C30H30FN3O2. The van der Waals surface area contributed by atoms with Gasteiger partial charge in [0.25, 0.3) is 5.91 Å². The van der Waals surface area contributed by atoms with Crippen molar-refractivity contribution in [3.8, 4) is 11.1 Å². The third-order valence-electron chi connectivity index (χ3n) is 6.97. The Morgan fingerprint density at radius 1 is 0.972 bits per heavy atom. The van der Waals surface area contributed by atoms with Crippen molar-refractivity contribution in [3.05, 3.63) is 95.9 Å². The summed E-state index contributed by atoms with van der Waals surface area (Å²) < 4.78 is 13.2. The Kier molecular flexibility index (Phi) is 7.35. The molecule has 5 nitrogen and oxygen atoms in total. The Bertz CT molecular complexity index is 1330. The van der Waals surface area contributed by atoms with Crippen molar-refractivity contribution in [3.63, 3.8) is 0 Å². The van der Waals surface area contributed by atoms with Crippen LogP contribution in [-0.2, 0) is 6.54 Å². The monoisotopic (exact) mass is 483 g/mol. The Labute approximate surface area is 210 Å². The van der Waals surface area contributed by atoms with E-state index in [1.807, 2.05) is 36.5 Å². The number of carbonyl (C=O) groups is 1. The van der Waals surface area contributed by atoms with Gasteiger partial charge in [-0.3, -0.25) is 14.7 Å². The molecule has 3 aromatic carbocycles. The normalized spacial score (nSPS) is 14.7. The summed E-state index contributed by atoms with van der Waals surface area (Å²) in [7, 11) is 0. The van der Waals surface area contributed by atoms with Gasteiger partial charge in [0.15, 0.2) is 0 Å². The minimum atomic E-state index is -0.272. The van der Waals surface area contributed by atoms with Crippen LogP contribution in [0.2, 0.25) is 0 Å². The molecule has 1 fully saturated rings. The summed E-state index contributed by atoms with van der Waals surface area (Å²) in [5, 5.41) is 13.2. The number of aliphatic hydroxyl groups is 1. The van der Waals surface area contributed by atoms with Crippen molar-refractivity contribution >= 4 is 22.5 Å². The summed E-state index contributed by atoms with van der Waals surface area (Å²) >= 11 is 0. The molecule has 0 radical (unpaired) electrons. The summed E-state index contributed by atoms with van der Waals surface area (Å²) in [5.74, 6) is 0.175. The summed E-state index contributed by atoms with van der Waals surface area (Å²) in [4.78, 5) is 19.9. The van der Waals surface area contributed by atoms with E-state index in [2.05, 4.69) is 21.3 Å². The van der Waals surface area contributed by atoms with Crippen molar-refractivity contribution < 1.29 is 14.3 Å². The topological polar surface area (TPSA) is 65.5 Å². The number of carbonyl (C=O) groups excluding carboxylic acids is 1. The maximum Gasteiger partial charge on any atom is 0.255 e. The molecule has 0 saturated carbocycles. The lowest BCUT2D eigenvalue weighted by Crippen LogP contribution is -2.33. The molecule has 1 aromatic heterocycles. The number of likely N-dealkylation sites (tertiary alicyclic amines) is 1. The van der Waals surface area contributed by atoms with Gasteiger partial charge in [0.1, 0.15) is 5.82 Å². The number of hydrogen-bond donors (Lipinski definition) is 2. The van der Waals surface area contributed by atoms with Gasteiger partial charge in [-0.1, -0.05) is 30.3 Å². The number of anilines is 1. The summed E-state index contributed by atoms with van der Waals surface area (Å²) in [5.41, 5.74) is 5.08. The molecule has 6 heteroatoms. The van der Waals surface area contributed by atoms with Crippen LogP contribution in [0, 0.1) is 11.7 Å². The van der Waals surface area contributed by atoms with E-state index in [0.717, 1.165) is 60.9 Å². The van der Waals surface area contributed by atoms with Crippen LogP contribution in [0.3, 0.4) is 0 Å². The Hall–Kier alpha value is -3.61. The number of pyridine rings is 1. The van der Waals surface area contributed by atoms with Gasteiger partial charge in [0, 0.05) is 36.0 Å². The molecule has 0 spiro atoms. The number of aliphatic hydroxyl groups excluding tert-OH is 1. The SMILES string of the molecule is O=C(Nc1ccc2cc(CN3CCC(CCO)CC3)cnc2c1)c1ccc(-c2ccc(F)cc2)cc1. The van der Waals surface area contributed by atoms with E-state index < -0.39 is 0 Å². The molecule has 2 N–H and O–H groups in total. The summed E-state index contributed by atoms with van der Waals surface area (Å²) in [6, 6.07) is 21.5. The summed E-state index contributed by atoms with van der Waals surface area (Å²) in [6.45, 7) is 3.27. The second-order valence-electron chi connectivity index (χ2n) is 9.52. The largest absolute Gasteiger partial charge is 0.396 e. The van der Waals surface area contributed by atoms with E-state index >= 15 is 0 Å². The zero-order chi connectivity index (χ0) is 24.9. The highest BCUT2D eigenvalue weighted by molar-refractivity contribution is 6.05. The Morgan fingerprint density at radius 2 is 1.67 bits per heavy atom. The molecule has 0 aliphatic carbocycles. The van der Waals surface area contributed by atoms with E-state index in [9.17, 15) is 9.18 Å². The molecule has 0 unspecified atom stereocenters. The van der Waals surface area contributed by atoms with Gasteiger partial charge in [-0.25, -0.2) is 4.39 Å². The molecule has 36 heavy (non-hydrogen) atoms. The van der Waals surface area contributed by atoms with E-state index in [-0.39, 0.29) is 18.3 Å². The third-order valence-corrected chi connectivity index (χ3v) is 6.97. The first kappa shape index (κ1) is 24.1. The van der Waals surface area contributed by atoms with Crippen LogP contribution < -0.4 is 5.32 Å². The molecule has 1 amide bonds. The minimum Gasteiger partial charge on any atom is -0.396 e. The highest BCUT2D eigenvalue weighted by Gasteiger charge is 2.19. The van der Waals surface area contributed by atoms with Crippen molar-refractivity contribution in [1.29, 1.82) is 0 Å². The number of benzene rings is 3. The average Bonchev–Trinajstić information content (AvgIpc) is 2.90. The molecule has 1 saturated heterocycles. The second-order valence-corrected chi connectivity index (χ2v) is 9.52. The van der Waals surface area contributed by atoms with Gasteiger partial charge in [0.05, 0.1) is 5.52 Å². The van der Waals surface area contributed by atoms with Gasteiger partial charge in [-0.2, -0.15) is 0 Å². The fraction of sp³-hybridized carbons (Fsp3) is 0.267. The molecule has 5 rings (SSSR count). The molecule has 0 atom stereocenters. The molecule has 1 aliphatic heterocycles. The average molecular weight is 484 g/mol. The van der Waals surface area contributed by atoms with Crippen molar-refractivity contribution in [2.45, 2.75) is 25.8 Å². The van der Waals surface area contributed by atoms with Crippen molar-refractivity contribution in [2.75, 3.05) is 25.0 Å². The quantitative estimate of drug-likeness (QED) is 0.344. The standard InChI is InChI=1S/C30H30FN3O2/c31-27-8-5-24(6-9-27)23-1-3-25(4-2-23)30(36)33-28-10-7-26-17-22(19-32-29(26)18-28)20-34-14-11-21(12-15-34)13-16-35/h1-10,17-19,21,35H,11-16,20H2,(H,33,36). The fourth-order valence-corrected chi connectivity index (χ4v) is 4.86. The zero-order valence-electron chi connectivity index (χ0n) is 20.2. The fourth-order valence-electron chi connectivity index (χ4n) is 4.86. The third kappa shape index (κ3) is 5.78. The molecule has 1 aliphatic rings. The van der Waals surface area contributed by atoms with Crippen molar-refractivity contribution in [1.82, 2.24) is 9.88 Å². The number of hydrogen-bond acceptors (Lipinski definition) is 4. The van der Waals surface area contributed by atoms with E-state index in [4.69, 9.17) is 5.11 Å². The highest BCUT2D eigenvalue weighted by Crippen LogP contribution is 2.24. The number of amides is 1. The zero-order valence-corrected chi connectivity index (χ0v) is 20.2. The van der Waals surface area contributed by atoms with Gasteiger partial charge in [-0.05, 0) is 97.4 Å². The molecule has 2 heterocycles. The van der Waals surface area contributed by atoms with Crippen molar-refractivity contribution in [2.24, 2.45) is 5.92 Å². The predicted molar refractivity (Wildman–Crippen MR) is 141 cm³/mol. The van der Waals surface area contributed by atoms with Gasteiger partial charge in [0.2, 0.25) is 0 Å². The van der Waals surface area contributed by atoms with Crippen LogP contribution >= 0.6 is 0 Å². The number of rotatable bonds is 7. The van der Waals surface area contributed by atoms with Crippen LogP contribution in [0.5, 0.6) is 0 Å². The van der Waals surface area contributed by atoms with E-state index in [1.165, 1.54) is 17.7 Å². The second kappa shape index (κ2) is 11.0. The first-order chi connectivity index (χ1) is 17.6. The van der Waals surface area contributed by atoms with Gasteiger partial charge >= 0.3 is 0 Å². The van der Waals surface area contributed by atoms with Crippen LogP contribution in [0.25, 0.3) is 22.0 Å². The minimum absolute atomic E-state index is 0.193. The molecule has 184 valence electrons. The van der Waals surface area contributed by atoms with Crippen LogP contribution in [0.1, 0.15) is 35.2 Å². The number of fused-ring (bicyclic) bond motifs is 1. The van der Waals surface area contributed by atoms with E-state index in [1.54, 1.807) is 24.3 Å².